The molecular weight excluding hydrogens is 263 g/mol. The average molecular weight is 273 g/mol. The molecule has 102 valence electrons. The molecule has 1 N–H and O–H groups in total. The first-order chi connectivity index (χ1) is 8.76. The Morgan fingerprint density at radius 1 is 1.42 bits per heavy atom. The Balaban J connectivity index is 2.47. The van der Waals surface area contributed by atoms with E-state index in [0.29, 0.717) is 16.5 Å². The molecular formula is C12H10F3NO3. The van der Waals surface area contributed by atoms with Crippen molar-refractivity contribution in [2.75, 3.05) is 0 Å². The highest BCUT2D eigenvalue weighted by Crippen LogP contribution is 2.29. The molecule has 4 nitrogen and oxygen atoms in total. The third-order valence-electron chi connectivity index (χ3n) is 2.62. The molecule has 0 amide bonds. The van der Waals surface area contributed by atoms with Crippen LogP contribution < -0.4 is 4.74 Å². The highest BCUT2D eigenvalue weighted by Gasteiger charge is 2.31. The summed E-state index contributed by atoms with van der Waals surface area (Å²) in [5, 5.41) is 9.21. The normalized spacial score (nSPS) is 11.8. The summed E-state index contributed by atoms with van der Waals surface area (Å²) in [5.41, 5.74) is 1.09. The van der Waals surface area contributed by atoms with Gasteiger partial charge in [-0.15, -0.1) is 13.2 Å². The van der Waals surface area contributed by atoms with Gasteiger partial charge in [-0.3, -0.25) is 4.79 Å². The molecule has 1 aromatic carbocycles. The number of carboxylic acid groups (broad SMARTS) is 1. The quantitative estimate of drug-likeness (QED) is 0.935. The van der Waals surface area contributed by atoms with Gasteiger partial charge < -0.3 is 14.4 Å². The van der Waals surface area contributed by atoms with Crippen LogP contribution >= 0.6 is 0 Å². The maximum atomic E-state index is 12.1. The summed E-state index contributed by atoms with van der Waals surface area (Å²) in [6.07, 6.45) is -3.45. The smallest absolute Gasteiger partial charge is 0.481 e. The van der Waals surface area contributed by atoms with Crippen molar-refractivity contribution in [3.63, 3.8) is 0 Å². The van der Waals surface area contributed by atoms with E-state index in [1.165, 1.54) is 18.2 Å². The lowest BCUT2D eigenvalue weighted by Gasteiger charge is -2.09. The van der Waals surface area contributed by atoms with Crippen LogP contribution in [0.5, 0.6) is 5.75 Å². The van der Waals surface area contributed by atoms with Gasteiger partial charge in [0.1, 0.15) is 5.75 Å². The summed E-state index contributed by atoms with van der Waals surface area (Å²) >= 11 is 0. The Kier molecular flexibility index (Phi) is 3.13. The second kappa shape index (κ2) is 4.49. The van der Waals surface area contributed by atoms with Gasteiger partial charge in [0.2, 0.25) is 0 Å². The molecule has 7 heteroatoms. The molecule has 2 aromatic rings. The predicted molar refractivity (Wildman–Crippen MR) is 60.9 cm³/mol. The van der Waals surface area contributed by atoms with Crippen LogP contribution in [-0.2, 0) is 18.3 Å². The Labute approximate surface area is 106 Å². The van der Waals surface area contributed by atoms with Crippen LogP contribution in [0.3, 0.4) is 0 Å². The fourth-order valence-corrected chi connectivity index (χ4v) is 1.95. The van der Waals surface area contributed by atoms with Crippen LogP contribution in [0.1, 0.15) is 5.56 Å². The van der Waals surface area contributed by atoms with Crippen molar-refractivity contribution in [2.45, 2.75) is 12.8 Å². The lowest BCUT2D eigenvalue weighted by molar-refractivity contribution is -0.274. The molecule has 0 fully saturated rings. The number of halogens is 3. The summed E-state index contributed by atoms with van der Waals surface area (Å²) in [7, 11) is 1.69. The zero-order chi connectivity index (χ0) is 14.2. The highest BCUT2D eigenvalue weighted by atomic mass is 19.4. The topological polar surface area (TPSA) is 51.5 Å². The van der Waals surface area contributed by atoms with E-state index in [2.05, 4.69) is 4.74 Å². The number of hydrogen-bond acceptors (Lipinski definition) is 2. The van der Waals surface area contributed by atoms with Crippen molar-refractivity contribution in [3.8, 4) is 5.75 Å². The Morgan fingerprint density at radius 2 is 2.11 bits per heavy atom. The minimum atomic E-state index is -4.77. The molecule has 0 atom stereocenters. The molecule has 2 rings (SSSR count). The summed E-state index contributed by atoms with van der Waals surface area (Å²) in [6, 6.07) is 3.85. The second-order valence-corrected chi connectivity index (χ2v) is 4.06. The minimum absolute atomic E-state index is 0.257. The van der Waals surface area contributed by atoms with Gasteiger partial charge >= 0.3 is 12.3 Å². The van der Waals surface area contributed by atoms with Crippen molar-refractivity contribution in [1.29, 1.82) is 0 Å². The zero-order valence-electron chi connectivity index (χ0n) is 9.86. The number of alkyl halides is 3. The Morgan fingerprint density at radius 3 is 2.68 bits per heavy atom. The number of hydrogen-bond donors (Lipinski definition) is 1. The van der Waals surface area contributed by atoms with Gasteiger partial charge in [-0.25, -0.2) is 0 Å². The number of fused-ring (bicyclic) bond motifs is 1. The van der Waals surface area contributed by atoms with Crippen LogP contribution in [0.2, 0.25) is 0 Å². The fourth-order valence-electron chi connectivity index (χ4n) is 1.95. The number of rotatable bonds is 3. The SMILES string of the molecule is Cn1cc(CC(=O)O)c2cc(OC(F)(F)F)ccc21. The Hall–Kier alpha value is -2.18. The molecule has 19 heavy (non-hydrogen) atoms. The third kappa shape index (κ3) is 2.98. The third-order valence-corrected chi connectivity index (χ3v) is 2.62. The molecule has 0 aliphatic rings. The van der Waals surface area contributed by atoms with Gasteiger partial charge in [-0.2, -0.15) is 0 Å². The molecule has 0 spiro atoms. The average Bonchev–Trinajstić information content (AvgIpc) is 2.52. The van der Waals surface area contributed by atoms with Gasteiger partial charge in [0.25, 0.3) is 0 Å². The number of aryl methyl sites for hydroxylation is 1. The predicted octanol–water partition coefficient (Wildman–Crippen LogP) is 2.70. The lowest BCUT2D eigenvalue weighted by atomic mass is 10.1. The number of aromatic nitrogens is 1. The van der Waals surface area contributed by atoms with E-state index in [-0.39, 0.29) is 12.2 Å². The van der Waals surface area contributed by atoms with Gasteiger partial charge in [-0.1, -0.05) is 0 Å². The number of carboxylic acids is 1. The first-order valence-corrected chi connectivity index (χ1v) is 5.32. The number of carbonyl (C=O) groups is 1. The van der Waals surface area contributed by atoms with E-state index in [9.17, 15) is 18.0 Å². The van der Waals surface area contributed by atoms with E-state index in [4.69, 9.17) is 5.11 Å². The van der Waals surface area contributed by atoms with E-state index >= 15 is 0 Å². The first kappa shape index (κ1) is 13.3. The minimum Gasteiger partial charge on any atom is -0.481 e. The standard InChI is InChI=1S/C12H10F3NO3/c1-16-6-7(4-11(17)18)9-5-8(2-3-10(9)16)19-12(13,14)15/h2-3,5-6H,4H2,1H3,(H,17,18). The number of nitrogens with zero attached hydrogens (tertiary/aromatic N) is 1. The second-order valence-electron chi connectivity index (χ2n) is 4.06. The van der Waals surface area contributed by atoms with Crippen LogP contribution in [0.15, 0.2) is 24.4 Å². The number of benzene rings is 1. The largest absolute Gasteiger partial charge is 0.573 e. The summed E-state index contributed by atoms with van der Waals surface area (Å²) in [4.78, 5) is 10.7. The molecule has 0 unspecified atom stereocenters. The van der Waals surface area contributed by atoms with Crippen molar-refractivity contribution >= 4 is 16.9 Å². The van der Waals surface area contributed by atoms with Gasteiger partial charge in [0.15, 0.2) is 0 Å². The van der Waals surface area contributed by atoms with Gasteiger partial charge in [0.05, 0.1) is 6.42 Å². The van der Waals surface area contributed by atoms with Crippen molar-refractivity contribution in [3.05, 3.63) is 30.0 Å². The van der Waals surface area contributed by atoms with Crippen LogP contribution in [0.25, 0.3) is 10.9 Å². The molecule has 0 aliphatic carbocycles. The molecule has 1 aromatic heterocycles. The highest BCUT2D eigenvalue weighted by molar-refractivity contribution is 5.88. The molecule has 0 aliphatic heterocycles. The van der Waals surface area contributed by atoms with E-state index in [0.717, 1.165) is 0 Å². The van der Waals surface area contributed by atoms with E-state index in [1.54, 1.807) is 17.8 Å². The number of ether oxygens (including phenoxy) is 1. The molecule has 0 saturated heterocycles. The summed E-state index contributed by atoms with van der Waals surface area (Å²) < 4.78 is 41.9. The maximum absolute atomic E-state index is 12.1. The van der Waals surface area contributed by atoms with Gasteiger partial charge in [-0.05, 0) is 23.8 Å². The van der Waals surface area contributed by atoms with Crippen molar-refractivity contribution in [1.82, 2.24) is 4.57 Å². The number of aliphatic carboxylic acids is 1. The van der Waals surface area contributed by atoms with Gasteiger partial charge in [0, 0.05) is 24.1 Å². The monoisotopic (exact) mass is 273 g/mol. The molecule has 0 bridgehead atoms. The summed E-state index contributed by atoms with van der Waals surface area (Å²) in [5.74, 6) is -1.41. The van der Waals surface area contributed by atoms with E-state index < -0.39 is 12.3 Å². The van der Waals surface area contributed by atoms with Crippen LogP contribution in [-0.4, -0.2) is 22.0 Å². The Bertz CT molecular complexity index is 631. The van der Waals surface area contributed by atoms with Crippen LogP contribution in [0.4, 0.5) is 13.2 Å². The molecule has 0 radical (unpaired) electrons. The lowest BCUT2D eigenvalue weighted by Crippen LogP contribution is -2.17. The van der Waals surface area contributed by atoms with Crippen LogP contribution in [0, 0.1) is 0 Å². The van der Waals surface area contributed by atoms with E-state index in [1.807, 2.05) is 0 Å². The fraction of sp³-hybridized carbons (Fsp3) is 0.250. The maximum Gasteiger partial charge on any atom is 0.573 e. The first-order valence-electron chi connectivity index (χ1n) is 5.32. The van der Waals surface area contributed by atoms with Crippen molar-refractivity contribution < 1.29 is 27.8 Å². The summed E-state index contributed by atoms with van der Waals surface area (Å²) in [6.45, 7) is 0. The molecule has 0 saturated carbocycles. The zero-order valence-corrected chi connectivity index (χ0v) is 9.86. The van der Waals surface area contributed by atoms with Crippen molar-refractivity contribution in [2.24, 2.45) is 7.05 Å². The molecule has 1 heterocycles.